The van der Waals surface area contributed by atoms with Crippen molar-refractivity contribution in [2.45, 2.75) is 33.3 Å². The molecule has 0 radical (unpaired) electrons. The standard InChI is InChI=1S/C24H31N7O3S/c1-17(2)12-28-35(33)9-7-30(8-10-35)20-6-5-18(13-26-20)22-23-19(11-25)14-27-31(23)15-21(29-22)34-16-24(3,4)32/h5-6,13-15,17,32H,7-10,12,16H2,1-4H3. The van der Waals surface area contributed by atoms with Gasteiger partial charge in [0, 0.05) is 36.4 Å². The highest BCUT2D eigenvalue weighted by Gasteiger charge is 2.22. The molecule has 0 saturated carbocycles. The van der Waals surface area contributed by atoms with E-state index in [1.807, 2.05) is 12.1 Å². The first-order chi connectivity index (χ1) is 16.6. The fourth-order valence-corrected chi connectivity index (χ4v) is 5.72. The zero-order valence-corrected chi connectivity index (χ0v) is 21.3. The number of anilines is 1. The smallest absolute Gasteiger partial charge is 0.233 e. The maximum absolute atomic E-state index is 12.9. The summed E-state index contributed by atoms with van der Waals surface area (Å²) in [6.07, 6.45) is 4.78. The van der Waals surface area contributed by atoms with E-state index in [0.717, 1.165) is 5.82 Å². The summed E-state index contributed by atoms with van der Waals surface area (Å²) in [6.45, 7) is 9.40. The van der Waals surface area contributed by atoms with Crippen LogP contribution in [0.4, 0.5) is 5.82 Å². The molecule has 3 aromatic heterocycles. The molecule has 11 heteroatoms. The quantitative estimate of drug-likeness (QED) is 0.528. The lowest BCUT2D eigenvalue weighted by molar-refractivity contribution is 0.0267. The number of fused-ring (bicyclic) bond motifs is 1. The van der Waals surface area contributed by atoms with Crippen LogP contribution in [-0.4, -0.2) is 72.2 Å². The molecular weight excluding hydrogens is 466 g/mol. The third-order valence-electron chi connectivity index (χ3n) is 5.55. The predicted molar refractivity (Wildman–Crippen MR) is 135 cm³/mol. The lowest BCUT2D eigenvalue weighted by Gasteiger charge is -2.29. The van der Waals surface area contributed by atoms with Crippen LogP contribution in [0, 0.1) is 17.2 Å². The highest BCUT2D eigenvalue weighted by Crippen LogP contribution is 2.29. The van der Waals surface area contributed by atoms with E-state index >= 15 is 0 Å². The number of nitriles is 1. The first-order valence-corrected chi connectivity index (χ1v) is 13.5. The normalized spacial score (nSPS) is 15.9. The molecule has 0 amide bonds. The first kappa shape index (κ1) is 24.9. The zero-order chi connectivity index (χ0) is 25.2. The molecule has 1 aliphatic heterocycles. The molecule has 0 atom stereocenters. The van der Waals surface area contributed by atoms with E-state index in [9.17, 15) is 14.6 Å². The Labute approximate surface area is 205 Å². The molecule has 186 valence electrons. The molecule has 1 fully saturated rings. The number of nitrogens with zero attached hydrogens (tertiary/aromatic N) is 7. The van der Waals surface area contributed by atoms with Crippen molar-refractivity contribution in [3.8, 4) is 23.2 Å². The van der Waals surface area contributed by atoms with Crippen LogP contribution in [0.1, 0.15) is 33.3 Å². The number of pyridine rings is 1. The van der Waals surface area contributed by atoms with Gasteiger partial charge in [0.05, 0.1) is 34.3 Å². The second kappa shape index (κ2) is 9.79. The molecule has 0 spiro atoms. The van der Waals surface area contributed by atoms with E-state index in [1.165, 1.54) is 6.20 Å². The summed E-state index contributed by atoms with van der Waals surface area (Å²) in [6, 6.07) is 5.95. The fourth-order valence-electron chi connectivity index (χ4n) is 3.67. The third-order valence-corrected chi connectivity index (χ3v) is 7.81. The average Bonchev–Trinajstić information content (AvgIpc) is 3.24. The summed E-state index contributed by atoms with van der Waals surface area (Å²) in [5, 5.41) is 23.8. The van der Waals surface area contributed by atoms with E-state index in [-0.39, 0.29) is 12.5 Å². The Kier molecular flexibility index (Phi) is 6.96. The van der Waals surface area contributed by atoms with Crippen LogP contribution in [0.25, 0.3) is 16.8 Å². The number of aliphatic hydroxyl groups is 1. The fraction of sp³-hybridized carbons (Fsp3) is 0.500. The molecule has 1 N–H and O–H groups in total. The van der Waals surface area contributed by atoms with Gasteiger partial charge in [-0.2, -0.15) is 10.4 Å². The molecule has 0 unspecified atom stereocenters. The highest BCUT2D eigenvalue weighted by atomic mass is 32.2. The minimum atomic E-state index is -2.15. The second-order valence-electron chi connectivity index (χ2n) is 9.77. The average molecular weight is 498 g/mol. The zero-order valence-electron chi connectivity index (χ0n) is 20.5. The van der Waals surface area contributed by atoms with E-state index < -0.39 is 15.3 Å². The van der Waals surface area contributed by atoms with Crippen molar-refractivity contribution in [3.63, 3.8) is 0 Å². The predicted octanol–water partition coefficient (Wildman–Crippen LogP) is 2.76. The molecule has 35 heavy (non-hydrogen) atoms. The topological polar surface area (TPSA) is 129 Å². The van der Waals surface area contributed by atoms with Crippen LogP contribution in [0.3, 0.4) is 0 Å². The van der Waals surface area contributed by atoms with Gasteiger partial charge < -0.3 is 14.7 Å². The SMILES string of the molecule is CC(C)CN=S1(=O)CCN(c2ccc(-c3nc(OCC(C)(C)O)cn4ncc(C#N)c34)cn2)CC1. The Morgan fingerprint density at radius 2 is 2.03 bits per heavy atom. The summed E-state index contributed by atoms with van der Waals surface area (Å²) in [4.78, 5) is 11.3. The van der Waals surface area contributed by atoms with Gasteiger partial charge in [-0.3, -0.25) is 0 Å². The van der Waals surface area contributed by atoms with Gasteiger partial charge in [0.1, 0.15) is 35.3 Å². The number of hydrogen-bond donors (Lipinski definition) is 1. The maximum Gasteiger partial charge on any atom is 0.233 e. The minimum absolute atomic E-state index is 0.0517. The molecule has 1 saturated heterocycles. The number of aromatic nitrogens is 4. The Morgan fingerprint density at radius 3 is 2.63 bits per heavy atom. The van der Waals surface area contributed by atoms with Crippen molar-refractivity contribution in [1.29, 1.82) is 5.26 Å². The Morgan fingerprint density at radius 1 is 1.29 bits per heavy atom. The highest BCUT2D eigenvalue weighted by molar-refractivity contribution is 7.93. The first-order valence-electron chi connectivity index (χ1n) is 11.6. The summed E-state index contributed by atoms with van der Waals surface area (Å²) in [5.74, 6) is 2.54. The van der Waals surface area contributed by atoms with Gasteiger partial charge in [0.2, 0.25) is 5.88 Å². The van der Waals surface area contributed by atoms with E-state index in [1.54, 1.807) is 30.8 Å². The van der Waals surface area contributed by atoms with Crippen molar-refractivity contribution >= 4 is 21.1 Å². The van der Waals surface area contributed by atoms with Crippen LogP contribution >= 0.6 is 0 Å². The van der Waals surface area contributed by atoms with E-state index in [0.29, 0.717) is 59.4 Å². The van der Waals surface area contributed by atoms with Gasteiger partial charge in [-0.15, -0.1) is 0 Å². The minimum Gasteiger partial charge on any atom is -0.474 e. The summed E-state index contributed by atoms with van der Waals surface area (Å²) in [7, 11) is -2.15. The summed E-state index contributed by atoms with van der Waals surface area (Å²) >= 11 is 0. The lowest BCUT2D eigenvalue weighted by atomic mass is 10.1. The number of hydrogen-bond acceptors (Lipinski definition) is 9. The molecule has 4 rings (SSSR count). The summed E-state index contributed by atoms with van der Waals surface area (Å²) in [5.41, 5.74) is 1.14. The molecule has 0 aromatic carbocycles. The van der Waals surface area contributed by atoms with Crippen molar-refractivity contribution in [1.82, 2.24) is 19.6 Å². The molecule has 3 aromatic rings. The van der Waals surface area contributed by atoms with Crippen molar-refractivity contribution in [2.24, 2.45) is 10.3 Å². The molecule has 0 bridgehead atoms. The molecule has 10 nitrogen and oxygen atoms in total. The van der Waals surface area contributed by atoms with Crippen LogP contribution < -0.4 is 9.64 Å². The Balaban J connectivity index is 1.59. The van der Waals surface area contributed by atoms with Crippen molar-refractivity contribution in [3.05, 3.63) is 36.3 Å². The second-order valence-corrected chi connectivity index (χ2v) is 12.4. The molecule has 4 heterocycles. The Bertz CT molecular complexity index is 1350. The van der Waals surface area contributed by atoms with Gasteiger partial charge in [0.15, 0.2) is 0 Å². The van der Waals surface area contributed by atoms with Gasteiger partial charge in [-0.05, 0) is 31.9 Å². The van der Waals surface area contributed by atoms with Gasteiger partial charge in [0.25, 0.3) is 0 Å². The summed E-state index contributed by atoms with van der Waals surface area (Å²) < 4.78 is 24.7. The van der Waals surface area contributed by atoms with Gasteiger partial charge in [-0.25, -0.2) is 23.1 Å². The van der Waals surface area contributed by atoms with Gasteiger partial charge in [-0.1, -0.05) is 13.8 Å². The van der Waals surface area contributed by atoms with Crippen LogP contribution in [0.15, 0.2) is 35.1 Å². The van der Waals surface area contributed by atoms with Crippen molar-refractivity contribution < 1.29 is 14.1 Å². The van der Waals surface area contributed by atoms with E-state index in [4.69, 9.17) is 4.74 Å². The van der Waals surface area contributed by atoms with Crippen LogP contribution in [-0.2, 0) is 9.73 Å². The third kappa shape index (κ3) is 5.89. The largest absolute Gasteiger partial charge is 0.474 e. The van der Waals surface area contributed by atoms with Gasteiger partial charge >= 0.3 is 0 Å². The number of rotatable bonds is 7. The van der Waals surface area contributed by atoms with Crippen molar-refractivity contribution in [2.75, 3.05) is 42.6 Å². The molecule has 0 aliphatic carbocycles. The monoisotopic (exact) mass is 497 g/mol. The Hall–Kier alpha value is -3.23. The number of ether oxygens (including phenoxy) is 1. The maximum atomic E-state index is 12.9. The molecule has 1 aliphatic rings. The van der Waals surface area contributed by atoms with Crippen LogP contribution in [0.2, 0.25) is 0 Å². The van der Waals surface area contributed by atoms with E-state index in [2.05, 4.69) is 44.2 Å². The molecular formula is C24H31N7O3S. The van der Waals surface area contributed by atoms with Crippen LogP contribution in [0.5, 0.6) is 5.88 Å². The lowest BCUT2D eigenvalue weighted by Crippen LogP contribution is -2.40.